The van der Waals surface area contributed by atoms with Crippen LogP contribution in [0, 0.1) is 0 Å². The lowest BCUT2D eigenvalue weighted by Gasteiger charge is -2.34. The molecule has 6 rings (SSSR count). The fourth-order valence-electron chi connectivity index (χ4n) is 4.96. The summed E-state index contributed by atoms with van der Waals surface area (Å²) in [7, 11) is 0. The maximum absolute atomic E-state index is 14.2. The van der Waals surface area contributed by atoms with E-state index in [0.717, 1.165) is 78.2 Å². The van der Waals surface area contributed by atoms with Gasteiger partial charge in [-0.2, -0.15) is 9.47 Å². The molecule has 5 heterocycles. The normalized spacial score (nSPS) is 25.4. The van der Waals surface area contributed by atoms with Crippen LogP contribution in [0.4, 0.5) is 10.2 Å². The van der Waals surface area contributed by atoms with Crippen LogP contribution in [0.1, 0.15) is 50.8 Å². The largest absolute Gasteiger partial charge is 0.377 e. The molecule has 0 spiro atoms. The second-order valence-electron chi connectivity index (χ2n) is 9.25. The number of aromatic nitrogens is 4. The Morgan fingerprint density at radius 3 is 2.94 bits per heavy atom. The maximum atomic E-state index is 14.2. The van der Waals surface area contributed by atoms with Crippen molar-refractivity contribution in [2.45, 2.75) is 56.7 Å². The third-order valence-corrected chi connectivity index (χ3v) is 7.97. The van der Waals surface area contributed by atoms with Crippen molar-refractivity contribution in [2.75, 3.05) is 37.9 Å². The summed E-state index contributed by atoms with van der Waals surface area (Å²) in [6, 6.07) is 4.32. The number of alkyl halides is 1. The van der Waals surface area contributed by atoms with Gasteiger partial charge >= 0.3 is 0 Å². The summed E-state index contributed by atoms with van der Waals surface area (Å²) < 4.78 is 33.6. The molecule has 2 saturated heterocycles. The molecule has 170 valence electrons. The number of anilines is 1. The van der Waals surface area contributed by atoms with Crippen LogP contribution in [-0.2, 0) is 14.9 Å². The summed E-state index contributed by atoms with van der Waals surface area (Å²) in [6.07, 6.45) is 6.64. The van der Waals surface area contributed by atoms with Gasteiger partial charge in [-0.05, 0) is 68.3 Å². The molecule has 3 aliphatic rings. The number of hydrogen-bond donors (Lipinski definition) is 0. The highest BCUT2D eigenvalue weighted by molar-refractivity contribution is 7.13. The highest BCUT2D eigenvalue weighted by atomic mass is 32.1. The highest BCUT2D eigenvalue weighted by Crippen LogP contribution is 2.52. The van der Waals surface area contributed by atoms with Crippen LogP contribution >= 0.6 is 11.5 Å². The van der Waals surface area contributed by atoms with E-state index < -0.39 is 0 Å². The van der Waals surface area contributed by atoms with Crippen molar-refractivity contribution in [3.05, 3.63) is 23.9 Å². The van der Waals surface area contributed by atoms with Gasteiger partial charge < -0.3 is 14.4 Å². The summed E-state index contributed by atoms with van der Waals surface area (Å²) >= 11 is 1.43. The lowest BCUT2D eigenvalue weighted by molar-refractivity contribution is -0.0383. The molecular weight excluding hydrogens is 429 g/mol. The average Bonchev–Trinajstić information content (AvgIpc) is 3.28. The molecule has 1 unspecified atom stereocenters. The van der Waals surface area contributed by atoms with Gasteiger partial charge in [-0.15, -0.1) is 0 Å². The number of nitrogens with zero attached hydrogens (tertiary/aromatic N) is 5. The zero-order valence-electron chi connectivity index (χ0n) is 18.3. The maximum Gasteiger partial charge on any atom is 0.150 e. The quantitative estimate of drug-likeness (QED) is 0.563. The number of hydrogen-bond acceptors (Lipinski definition) is 7. The van der Waals surface area contributed by atoms with E-state index in [2.05, 4.69) is 23.0 Å². The number of ether oxygens (including phenoxy) is 2. The minimum Gasteiger partial charge on any atom is -0.377 e. The first-order valence-corrected chi connectivity index (χ1v) is 12.3. The standard InChI is InChI=1S/C23H28FN5O2S/c1-15-13-30-11-9-28(15)18-12-16(23(14-24)6-7-23)22-21(26-18)20(27-32-22)17-5-8-25-29(17)19-4-2-3-10-31-19/h5,8,12,15,19H,2-4,6-7,9-11,13-14H2,1H3/t15-,19?/m1/s1. The van der Waals surface area contributed by atoms with Gasteiger partial charge in [0.15, 0.2) is 6.23 Å². The van der Waals surface area contributed by atoms with Crippen LogP contribution in [-0.4, -0.2) is 58.2 Å². The van der Waals surface area contributed by atoms with Gasteiger partial charge in [-0.1, -0.05) is 0 Å². The van der Waals surface area contributed by atoms with E-state index in [0.29, 0.717) is 13.2 Å². The Balaban J connectivity index is 1.50. The molecule has 0 N–H and O–H groups in total. The van der Waals surface area contributed by atoms with Crippen LogP contribution in [0.5, 0.6) is 0 Å². The van der Waals surface area contributed by atoms with Gasteiger partial charge in [0.25, 0.3) is 0 Å². The van der Waals surface area contributed by atoms with E-state index in [9.17, 15) is 4.39 Å². The third kappa shape index (κ3) is 3.33. The van der Waals surface area contributed by atoms with Crippen LogP contribution in [0.25, 0.3) is 21.6 Å². The molecule has 9 heteroatoms. The summed E-state index contributed by atoms with van der Waals surface area (Å²) in [4.78, 5) is 7.38. The van der Waals surface area contributed by atoms with Crippen molar-refractivity contribution in [1.82, 2.24) is 19.1 Å². The predicted octanol–water partition coefficient (Wildman–Crippen LogP) is 4.48. The van der Waals surface area contributed by atoms with Gasteiger partial charge in [0, 0.05) is 24.8 Å². The molecule has 2 atom stereocenters. The van der Waals surface area contributed by atoms with Gasteiger partial charge in [0.05, 0.1) is 36.3 Å². The number of pyridine rings is 1. The molecule has 7 nitrogen and oxygen atoms in total. The molecular formula is C23H28FN5O2S. The Bertz CT molecular complexity index is 1120. The first-order valence-electron chi connectivity index (χ1n) is 11.6. The summed E-state index contributed by atoms with van der Waals surface area (Å²) in [6.45, 7) is 4.68. The summed E-state index contributed by atoms with van der Waals surface area (Å²) in [5, 5.41) is 4.57. The lowest BCUT2D eigenvalue weighted by Crippen LogP contribution is -2.44. The van der Waals surface area contributed by atoms with Gasteiger partial charge in [-0.25, -0.2) is 9.67 Å². The van der Waals surface area contributed by atoms with Crippen molar-refractivity contribution in [2.24, 2.45) is 0 Å². The molecule has 3 aromatic rings. The Labute approximate surface area is 190 Å². The number of halogens is 1. The minimum absolute atomic E-state index is 0.0759. The lowest BCUT2D eigenvalue weighted by atomic mass is 9.97. The molecule has 0 aromatic carbocycles. The van der Waals surface area contributed by atoms with Crippen LogP contribution in [0.3, 0.4) is 0 Å². The van der Waals surface area contributed by atoms with Crippen molar-refractivity contribution in [1.29, 1.82) is 0 Å². The zero-order valence-corrected chi connectivity index (χ0v) is 19.1. The first-order chi connectivity index (χ1) is 15.7. The topological polar surface area (TPSA) is 65.3 Å². The van der Waals surface area contributed by atoms with E-state index in [4.69, 9.17) is 18.8 Å². The predicted molar refractivity (Wildman–Crippen MR) is 122 cm³/mol. The molecule has 2 aliphatic heterocycles. The van der Waals surface area contributed by atoms with Crippen LogP contribution in [0.15, 0.2) is 18.3 Å². The van der Waals surface area contributed by atoms with Crippen LogP contribution < -0.4 is 4.90 Å². The second-order valence-corrected chi connectivity index (χ2v) is 10.0. The second kappa shape index (κ2) is 8.04. The Hall–Kier alpha value is -2.10. The van der Waals surface area contributed by atoms with E-state index >= 15 is 0 Å². The Morgan fingerprint density at radius 2 is 2.19 bits per heavy atom. The van der Waals surface area contributed by atoms with E-state index in [1.165, 1.54) is 11.5 Å². The summed E-state index contributed by atoms with van der Waals surface area (Å²) in [5.41, 5.74) is 3.25. The highest BCUT2D eigenvalue weighted by Gasteiger charge is 2.47. The molecule has 0 radical (unpaired) electrons. The number of fused-ring (bicyclic) bond motifs is 1. The van der Waals surface area contributed by atoms with E-state index in [1.807, 2.05) is 10.7 Å². The monoisotopic (exact) mass is 457 g/mol. The molecule has 3 fully saturated rings. The fraction of sp³-hybridized carbons (Fsp3) is 0.609. The van der Waals surface area contributed by atoms with Gasteiger partial charge in [0.1, 0.15) is 17.0 Å². The van der Waals surface area contributed by atoms with Crippen molar-refractivity contribution in [3.8, 4) is 11.4 Å². The molecule has 1 aliphatic carbocycles. The van der Waals surface area contributed by atoms with Crippen molar-refractivity contribution < 1.29 is 13.9 Å². The van der Waals surface area contributed by atoms with Crippen molar-refractivity contribution in [3.63, 3.8) is 0 Å². The molecule has 3 aromatic heterocycles. The number of rotatable bonds is 5. The molecule has 1 saturated carbocycles. The smallest absolute Gasteiger partial charge is 0.150 e. The van der Waals surface area contributed by atoms with Crippen molar-refractivity contribution >= 4 is 27.6 Å². The molecule has 0 bridgehead atoms. The van der Waals surface area contributed by atoms with E-state index in [1.54, 1.807) is 6.20 Å². The van der Waals surface area contributed by atoms with Gasteiger partial charge in [-0.3, -0.25) is 4.39 Å². The first kappa shape index (κ1) is 20.5. The van der Waals surface area contributed by atoms with E-state index in [-0.39, 0.29) is 24.4 Å². The summed E-state index contributed by atoms with van der Waals surface area (Å²) in [5.74, 6) is 0.893. The minimum atomic E-state index is -0.387. The fourth-order valence-corrected chi connectivity index (χ4v) is 5.92. The van der Waals surface area contributed by atoms with Gasteiger partial charge in [0.2, 0.25) is 0 Å². The zero-order chi connectivity index (χ0) is 21.7. The van der Waals surface area contributed by atoms with Crippen LogP contribution in [0.2, 0.25) is 0 Å². The molecule has 32 heavy (non-hydrogen) atoms. The third-order valence-electron chi connectivity index (χ3n) is 7.10. The Kier molecular flexibility index (Phi) is 5.15. The Morgan fingerprint density at radius 1 is 1.28 bits per heavy atom. The SMILES string of the molecule is C[C@@H]1COCCN1c1cc(C2(CF)CC2)c2snc(-c3ccnn3C3CCCCO3)c2n1. The molecule has 0 amide bonds. The number of morpholine rings is 1. The average molecular weight is 458 g/mol.